The van der Waals surface area contributed by atoms with Crippen molar-refractivity contribution in [3.05, 3.63) is 131 Å². The number of benzene rings is 4. The van der Waals surface area contributed by atoms with Crippen LogP contribution in [0.25, 0.3) is 21.2 Å². The molecule has 0 saturated carbocycles. The lowest BCUT2D eigenvalue weighted by Crippen LogP contribution is -2.31. The SMILES string of the molecule is Cc1cc(C)c2nc(N3C(=O)C(O)=C(C(=O)c4cc5ccccc5o4)C3c3cccc(Oc4ccccc4)c3)sc2c1. The second-order valence-electron chi connectivity index (χ2n) is 10.2. The number of carbonyl (C=O) groups excluding carboxylic acids is 2. The van der Waals surface area contributed by atoms with Crippen LogP contribution in [0.2, 0.25) is 0 Å². The average Bonchev–Trinajstić information content (AvgIpc) is 3.68. The number of aliphatic hydroxyl groups excluding tert-OH is 1. The number of Topliss-reactive ketones (excluding diaryl/α,β-unsaturated/α-hetero) is 1. The summed E-state index contributed by atoms with van der Waals surface area (Å²) in [5.74, 6) is -0.724. The standard InChI is InChI=1S/C34H24N2O5S/c1-19-15-20(2)29-27(16-19)42-34(35-29)36-30(22-10-8-13-24(17-22)40-23-11-4-3-5-12-23)28(32(38)33(36)39)31(37)26-18-21-9-6-7-14-25(21)41-26/h3-18,30,38H,1-2H3. The summed E-state index contributed by atoms with van der Waals surface area (Å²) >= 11 is 1.34. The molecule has 7 nitrogen and oxygen atoms in total. The molecule has 1 unspecified atom stereocenters. The highest BCUT2D eigenvalue weighted by Gasteiger charge is 2.46. The zero-order valence-corrected chi connectivity index (χ0v) is 23.5. The first-order valence-corrected chi connectivity index (χ1v) is 14.2. The number of carbonyl (C=O) groups is 2. The van der Waals surface area contributed by atoms with E-state index in [2.05, 4.69) is 0 Å². The molecule has 1 amide bonds. The number of nitrogens with zero attached hydrogens (tertiary/aromatic N) is 2. The van der Waals surface area contributed by atoms with Crippen LogP contribution in [-0.4, -0.2) is 21.8 Å². The number of ether oxygens (including phenoxy) is 1. The molecule has 4 aromatic carbocycles. The van der Waals surface area contributed by atoms with Gasteiger partial charge in [-0.25, -0.2) is 4.98 Å². The van der Waals surface area contributed by atoms with Crippen LogP contribution in [0.1, 0.15) is 33.3 Å². The fraction of sp³-hybridized carbons (Fsp3) is 0.0882. The number of fused-ring (bicyclic) bond motifs is 2. The van der Waals surface area contributed by atoms with Gasteiger partial charge in [0.15, 0.2) is 16.7 Å². The molecule has 206 valence electrons. The van der Waals surface area contributed by atoms with Crippen LogP contribution in [0.5, 0.6) is 11.5 Å². The summed E-state index contributed by atoms with van der Waals surface area (Å²) in [4.78, 5) is 34.0. The lowest BCUT2D eigenvalue weighted by atomic mass is 9.95. The van der Waals surface area contributed by atoms with Gasteiger partial charge in [0, 0.05) is 5.39 Å². The van der Waals surface area contributed by atoms with Crippen molar-refractivity contribution in [2.75, 3.05) is 4.90 Å². The van der Waals surface area contributed by atoms with Crippen molar-refractivity contribution >= 4 is 49.3 Å². The topological polar surface area (TPSA) is 92.9 Å². The van der Waals surface area contributed by atoms with Crippen LogP contribution in [0, 0.1) is 13.8 Å². The second kappa shape index (κ2) is 10.0. The molecule has 6 aromatic rings. The smallest absolute Gasteiger partial charge is 0.296 e. The molecule has 1 N–H and O–H groups in total. The Labute approximate surface area is 244 Å². The third-order valence-electron chi connectivity index (χ3n) is 7.28. The van der Waals surface area contributed by atoms with Crippen molar-refractivity contribution < 1.29 is 23.8 Å². The third-order valence-corrected chi connectivity index (χ3v) is 8.28. The molecule has 42 heavy (non-hydrogen) atoms. The van der Waals surface area contributed by atoms with Crippen molar-refractivity contribution in [3.63, 3.8) is 0 Å². The summed E-state index contributed by atoms with van der Waals surface area (Å²) in [5, 5.41) is 12.4. The summed E-state index contributed by atoms with van der Waals surface area (Å²) in [6, 6.07) is 28.4. The van der Waals surface area contributed by atoms with E-state index in [9.17, 15) is 14.7 Å². The minimum Gasteiger partial charge on any atom is -0.503 e. The maximum Gasteiger partial charge on any atom is 0.296 e. The van der Waals surface area contributed by atoms with Crippen LogP contribution in [0.4, 0.5) is 5.13 Å². The summed E-state index contributed by atoms with van der Waals surface area (Å²) in [7, 11) is 0. The Hall–Kier alpha value is -5.21. The highest BCUT2D eigenvalue weighted by atomic mass is 32.1. The van der Waals surface area contributed by atoms with Gasteiger partial charge in [0.1, 0.15) is 17.1 Å². The van der Waals surface area contributed by atoms with Crippen LogP contribution in [0.15, 0.2) is 113 Å². The number of aliphatic hydroxyl groups is 1. The van der Waals surface area contributed by atoms with Gasteiger partial charge in [-0.2, -0.15) is 0 Å². The minimum atomic E-state index is -0.973. The van der Waals surface area contributed by atoms with E-state index in [0.717, 1.165) is 26.7 Å². The fourth-order valence-electron chi connectivity index (χ4n) is 5.41. The number of para-hydroxylation sites is 2. The number of hydrogen-bond acceptors (Lipinski definition) is 7. The Kier molecular flexibility index (Phi) is 6.13. The number of aromatic nitrogens is 1. The molecule has 1 atom stereocenters. The number of anilines is 1. The molecule has 7 rings (SSSR count). The number of thiazole rings is 1. The molecule has 0 fully saturated rings. The number of ketones is 1. The predicted octanol–water partition coefficient (Wildman–Crippen LogP) is 8.23. The first kappa shape index (κ1) is 25.7. The van der Waals surface area contributed by atoms with E-state index in [1.54, 1.807) is 36.4 Å². The quantitative estimate of drug-likeness (QED) is 0.202. The third kappa shape index (κ3) is 4.33. The van der Waals surface area contributed by atoms with E-state index in [4.69, 9.17) is 14.1 Å². The van der Waals surface area contributed by atoms with Gasteiger partial charge < -0.3 is 14.3 Å². The molecule has 1 aliphatic heterocycles. The molecular weight excluding hydrogens is 548 g/mol. The number of rotatable bonds is 6. The Bertz CT molecular complexity index is 2020. The van der Waals surface area contributed by atoms with E-state index in [-0.39, 0.29) is 11.3 Å². The molecule has 0 saturated heterocycles. The molecule has 8 heteroatoms. The Morgan fingerprint density at radius 3 is 2.50 bits per heavy atom. The zero-order valence-electron chi connectivity index (χ0n) is 22.7. The Morgan fingerprint density at radius 2 is 1.69 bits per heavy atom. The van der Waals surface area contributed by atoms with E-state index in [1.807, 2.05) is 74.5 Å². The lowest BCUT2D eigenvalue weighted by Gasteiger charge is -2.24. The van der Waals surface area contributed by atoms with Gasteiger partial charge in [0.2, 0.25) is 5.78 Å². The summed E-state index contributed by atoms with van der Waals surface area (Å²) in [6.07, 6.45) is 0. The average molecular weight is 573 g/mol. The number of furan rings is 1. The van der Waals surface area contributed by atoms with Crippen molar-refractivity contribution in [1.82, 2.24) is 4.98 Å². The summed E-state index contributed by atoms with van der Waals surface area (Å²) in [5.41, 5.74) is 3.85. The Balaban J connectivity index is 1.37. The number of aryl methyl sites for hydroxylation is 2. The molecule has 1 aliphatic rings. The molecular formula is C34H24N2O5S. The Morgan fingerprint density at radius 1 is 0.929 bits per heavy atom. The van der Waals surface area contributed by atoms with E-state index in [0.29, 0.717) is 27.8 Å². The largest absolute Gasteiger partial charge is 0.503 e. The zero-order chi connectivity index (χ0) is 29.0. The van der Waals surface area contributed by atoms with Gasteiger partial charge in [-0.3, -0.25) is 14.5 Å². The highest BCUT2D eigenvalue weighted by Crippen LogP contribution is 2.45. The first-order valence-electron chi connectivity index (χ1n) is 13.4. The van der Waals surface area contributed by atoms with E-state index in [1.165, 1.54) is 16.2 Å². The van der Waals surface area contributed by atoms with Crippen LogP contribution in [0.3, 0.4) is 0 Å². The molecule has 0 radical (unpaired) electrons. The summed E-state index contributed by atoms with van der Waals surface area (Å²) in [6.45, 7) is 3.98. The van der Waals surface area contributed by atoms with Crippen LogP contribution in [-0.2, 0) is 4.79 Å². The van der Waals surface area contributed by atoms with E-state index >= 15 is 0 Å². The summed E-state index contributed by atoms with van der Waals surface area (Å²) < 4.78 is 12.8. The van der Waals surface area contributed by atoms with Gasteiger partial charge in [-0.15, -0.1) is 0 Å². The van der Waals surface area contributed by atoms with Crippen molar-refractivity contribution in [2.24, 2.45) is 0 Å². The fourth-order valence-corrected chi connectivity index (χ4v) is 6.58. The number of amides is 1. The number of hydrogen-bond donors (Lipinski definition) is 1. The van der Waals surface area contributed by atoms with Gasteiger partial charge in [0.05, 0.1) is 21.8 Å². The van der Waals surface area contributed by atoms with Gasteiger partial charge in [-0.05, 0) is 73.0 Å². The monoisotopic (exact) mass is 572 g/mol. The van der Waals surface area contributed by atoms with Gasteiger partial charge >= 0.3 is 0 Å². The van der Waals surface area contributed by atoms with Crippen molar-refractivity contribution in [1.29, 1.82) is 0 Å². The van der Waals surface area contributed by atoms with Crippen LogP contribution >= 0.6 is 11.3 Å². The second-order valence-corrected chi connectivity index (χ2v) is 11.2. The molecule has 3 heterocycles. The lowest BCUT2D eigenvalue weighted by molar-refractivity contribution is -0.117. The van der Waals surface area contributed by atoms with Crippen molar-refractivity contribution in [2.45, 2.75) is 19.9 Å². The molecule has 0 aliphatic carbocycles. The van der Waals surface area contributed by atoms with Crippen LogP contribution < -0.4 is 9.64 Å². The van der Waals surface area contributed by atoms with E-state index < -0.39 is 23.5 Å². The maximum absolute atomic E-state index is 14.0. The molecule has 0 bridgehead atoms. The molecule has 0 spiro atoms. The van der Waals surface area contributed by atoms with Gasteiger partial charge in [0.25, 0.3) is 5.91 Å². The first-order chi connectivity index (χ1) is 20.4. The predicted molar refractivity (Wildman–Crippen MR) is 162 cm³/mol. The normalized spacial score (nSPS) is 15.2. The minimum absolute atomic E-state index is 0.0323. The van der Waals surface area contributed by atoms with Gasteiger partial charge in [-0.1, -0.05) is 65.9 Å². The molecule has 2 aromatic heterocycles. The maximum atomic E-state index is 14.0. The highest BCUT2D eigenvalue weighted by molar-refractivity contribution is 7.22. The van der Waals surface area contributed by atoms with Crippen molar-refractivity contribution in [3.8, 4) is 11.5 Å².